The maximum atomic E-state index is 13.4. The summed E-state index contributed by atoms with van der Waals surface area (Å²) in [6.45, 7) is 3.46. The predicted molar refractivity (Wildman–Crippen MR) is 130 cm³/mol. The number of ketones is 3. The van der Waals surface area contributed by atoms with E-state index in [-0.39, 0.29) is 23.4 Å². The third-order valence-corrected chi connectivity index (χ3v) is 6.05. The Morgan fingerprint density at radius 1 is 0.939 bits per heavy atom. The van der Waals surface area contributed by atoms with Crippen LogP contribution in [0.2, 0.25) is 0 Å². The lowest BCUT2D eigenvalue weighted by molar-refractivity contribution is -0.112. The lowest BCUT2D eigenvalue weighted by Crippen LogP contribution is -2.21. The molecule has 2 aliphatic rings. The molecule has 1 unspecified atom stereocenters. The number of benzene rings is 3. The van der Waals surface area contributed by atoms with E-state index in [0.29, 0.717) is 34.4 Å². The first-order valence-corrected chi connectivity index (χ1v) is 10.9. The van der Waals surface area contributed by atoms with Gasteiger partial charge in [0.1, 0.15) is 0 Å². The van der Waals surface area contributed by atoms with Crippen molar-refractivity contribution in [2.45, 2.75) is 26.3 Å². The first kappa shape index (κ1) is 20.8. The number of aliphatic imine (C=N–C) groups is 1. The number of nitrogens with zero attached hydrogens (tertiary/aromatic N) is 1. The van der Waals surface area contributed by atoms with E-state index >= 15 is 0 Å². The number of rotatable bonds is 3. The Kier molecular flexibility index (Phi) is 5.09. The number of carbonyl (C=O) groups is 3. The van der Waals surface area contributed by atoms with Crippen LogP contribution in [0.5, 0.6) is 0 Å². The third kappa shape index (κ3) is 3.72. The molecule has 0 fully saturated rings. The van der Waals surface area contributed by atoms with Crippen molar-refractivity contribution < 1.29 is 14.4 Å². The maximum Gasteiger partial charge on any atom is 0.196 e. The summed E-state index contributed by atoms with van der Waals surface area (Å²) in [6.07, 6.45) is 4.00. The second-order valence-corrected chi connectivity index (χ2v) is 8.45. The van der Waals surface area contributed by atoms with Crippen LogP contribution in [0.15, 0.2) is 71.7 Å². The van der Waals surface area contributed by atoms with Crippen LogP contribution in [0.25, 0.3) is 6.08 Å². The molecule has 0 aromatic heterocycles. The van der Waals surface area contributed by atoms with Gasteiger partial charge < -0.3 is 5.32 Å². The summed E-state index contributed by atoms with van der Waals surface area (Å²) in [5, 5.41) is 3.54. The van der Waals surface area contributed by atoms with Gasteiger partial charge in [-0.15, -0.1) is 0 Å². The van der Waals surface area contributed by atoms with Gasteiger partial charge in [-0.05, 0) is 43.2 Å². The van der Waals surface area contributed by atoms with Gasteiger partial charge in [0.2, 0.25) is 0 Å². The molecule has 5 rings (SSSR count). The van der Waals surface area contributed by atoms with E-state index in [1.54, 1.807) is 42.5 Å². The number of nitrogens with one attached hydrogen (secondary N) is 1. The average molecular weight is 434 g/mol. The fourth-order valence-corrected chi connectivity index (χ4v) is 4.43. The highest BCUT2D eigenvalue weighted by Gasteiger charge is 2.33. The standard InChI is InChI=1S/C28H22N2O3/c1-16-15-24(19-11-9-18(10-12-19)8-7-17(2)31)30-23-14-13-22-25(26(23)29-16)28(33)21-6-4-3-5-20(21)27(22)32/h3-14,24,30H,15H2,1-2H3. The molecule has 0 saturated heterocycles. The molecule has 1 aliphatic carbocycles. The van der Waals surface area contributed by atoms with Crippen LogP contribution < -0.4 is 5.32 Å². The summed E-state index contributed by atoms with van der Waals surface area (Å²) in [4.78, 5) is 42.4. The zero-order valence-corrected chi connectivity index (χ0v) is 18.4. The summed E-state index contributed by atoms with van der Waals surface area (Å²) >= 11 is 0. The second-order valence-electron chi connectivity index (χ2n) is 8.45. The molecule has 5 nitrogen and oxygen atoms in total. The Labute approximate surface area is 191 Å². The van der Waals surface area contributed by atoms with Crippen molar-refractivity contribution >= 4 is 40.5 Å². The van der Waals surface area contributed by atoms with E-state index in [4.69, 9.17) is 4.99 Å². The van der Waals surface area contributed by atoms with Crippen molar-refractivity contribution in [2.75, 3.05) is 5.32 Å². The molecule has 1 heterocycles. The molecule has 1 aliphatic heterocycles. The molecule has 0 bridgehead atoms. The fourth-order valence-electron chi connectivity index (χ4n) is 4.43. The maximum absolute atomic E-state index is 13.4. The summed E-state index contributed by atoms with van der Waals surface area (Å²) in [5.41, 5.74) is 5.79. The monoisotopic (exact) mass is 434 g/mol. The number of hydrogen-bond acceptors (Lipinski definition) is 5. The topological polar surface area (TPSA) is 75.6 Å². The molecule has 0 spiro atoms. The highest BCUT2D eigenvalue weighted by Crippen LogP contribution is 2.42. The van der Waals surface area contributed by atoms with Crippen LogP contribution in [0, 0.1) is 0 Å². The van der Waals surface area contributed by atoms with Gasteiger partial charge in [0.15, 0.2) is 17.3 Å². The minimum absolute atomic E-state index is 0.00642. The molecule has 5 heteroatoms. The summed E-state index contributed by atoms with van der Waals surface area (Å²) in [7, 11) is 0. The first-order valence-electron chi connectivity index (χ1n) is 10.9. The predicted octanol–water partition coefficient (Wildman–Crippen LogP) is 5.71. The minimum Gasteiger partial charge on any atom is -0.376 e. The average Bonchev–Trinajstić information content (AvgIpc) is 2.99. The highest BCUT2D eigenvalue weighted by atomic mass is 16.1. The van der Waals surface area contributed by atoms with Crippen molar-refractivity contribution in [1.82, 2.24) is 0 Å². The SMILES string of the molecule is CC(=O)C=Cc1ccc(C2CC(C)=Nc3c(ccc4c3C(=O)c3ccccc3C4=O)N2)cc1. The van der Waals surface area contributed by atoms with Crippen molar-refractivity contribution in [2.24, 2.45) is 4.99 Å². The quantitative estimate of drug-likeness (QED) is 0.419. The molecule has 162 valence electrons. The summed E-state index contributed by atoms with van der Waals surface area (Å²) < 4.78 is 0. The molecule has 3 aromatic rings. The number of fused-ring (bicyclic) bond motifs is 4. The van der Waals surface area contributed by atoms with Gasteiger partial charge in [0, 0.05) is 28.8 Å². The molecular formula is C28H22N2O3. The Morgan fingerprint density at radius 2 is 1.64 bits per heavy atom. The van der Waals surface area contributed by atoms with Crippen molar-refractivity contribution in [1.29, 1.82) is 0 Å². The van der Waals surface area contributed by atoms with E-state index in [1.807, 2.05) is 37.3 Å². The Bertz CT molecular complexity index is 1380. The number of anilines is 1. The van der Waals surface area contributed by atoms with Crippen molar-refractivity contribution in [3.05, 3.63) is 100 Å². The first-order chi connectivity index (χ1) is 15.9. The summed E-state index contributed by atoms with van der Waals surface area (Å²) in [6, 6.07) is 18.5. The fraction of sp³-hybridized carbons (Fsp3) is 0.143. The molecule has 33 heavy (non-hydrogen) atoms. The molecule has 1 atom stereocenters. The Hall–Kier alpha value is -4.12. The zero-order valence-electron chi connectivity index (χ0n) is 18.4. The molecule has 3 aromatic carbocycles. The molecule has 1 N–H and O–H groups in total. The highest BCUT2D eigenvalue weighted by molar-refractivity contribution is 6.30. The second kappa shape index (κ2) is 8.10. The van der Waals surface area contributed by atoms with Crippen LogP contribution in [0.3, 0.4) is 0 Å². The van der Waals surface area contributed by atoms with E-state index in [0.717, 1.165) is 22.5 Å². The lowest BCUT2D eigenvalue weighted by Gasteiger charge is -2.22. The minimum atomic E-state index is -0.171. The van der Waals surface area contributed by atoms with Gasteiger partial charge in [0.05, 0.1) is 23.0 Å². The molecule has 0 amide bonds. The zero-order chi connectivity index (χ0) is 23.1. The molecule has 0 saturated carbocycles. The largest absolute Gasteiger partial charge is 0.376 e. The van der Waals surface area contributed by atoms with Crippen LogP contribution >= 0.6 is 0 Å². The van der Waals surface area contributed by atoms with Gasteiger partial charge in [-0.1, -0.05) is 54.6 Å². The Balaban J connectivity index is 1.53. The third-order valence-electron chi connectivity index (χ3n) is 6.05. The van der Waals surface area contributed by atoms with Gasteiger partial charge in [-0.25, -0.2) is 0 Å². The van der Waals surface area contributed by atoms with Crippen molar-refractivity contribution in [3.63, 3.8) is 0 Å². The van der Waals surface area contributed by atoms with Gasteiger partial charge in [-0.3, -0.25) is 19.4 Å². The van der Waals surface area contributed by atoms with Crippen LogP contribution in [0.1, 0.15) is 69.3 Å². The van der Waals surface area contributed by atoms with E-state index in [9.17, 15) is 14.4 Å². The number of allylic oxidation sites excluding steroid dienone is 1. The summed E-state index contributed by atoms with van der Waals surface area (Å²) in [5.74, 6) is -0.312. The Morgan fingerprint density at radius 3 is 2.33 bits per heavy atom. The lowest BCUT2D eigenvalue weighted by atomic mass is 9.83. The van der Waals surface area contributed by atoms with E-state index in [1.165, 1.54) is 6.92 Å². The van der Waals surface area contributed by atoms with Gasteiger partial charge in [-0.2, -0.15) is 0 Å². The van der Waals surface area contributed by atoms with Gasteiger partial charge in [0.25, 0.3) is 0 Å². The van der Waals surface area contributed by atoms with Crippen LogP contribution in [0.4, 0.5) is 11.4 Å². The molecular weight excluding hydrogens is 412 g/mol. The van der Waals surface area contributed by atoms with Crippen LogP contribution in [-0.4, -0.2) is 23.1 Å². The van der Waals surface area contributed by atoms with Crippen LogP contribution in [-0.2, 0) is 4.79 Å². The number of carbonyl (C=O) groups excluding carboxylic acids is 3. The molecule has 0 radical (unpaired) electrons. The van der Waals surface area contributed by atoms with E-state index in [2.05, 4.69) is 5.32 Å². The van der Waals surface area contributed by atoms with Crippen molar-refractivity contribution in [3.8, 4) is 0 Å². The normalized spacial score (nSPS) is 16.9. The number of hydrogen-bond donors (Lipinski definition) is 1. The smallest absolute Gasteiger partial charge is 0.196 e. The van der Waals surface area contributed by atoms with Gasteiger partial charge >= 0.3 is 0 Å². The van der Waals surface area contributed by atoms with E-state index < -0.39 is 0 Å².